The van der Waals surface area contributed by atoms with Crippen molar-refractivity contribution in [3.8, 4) is 5.75 Å². The first-order chi connectivity index (χ1) is 15.6. The average Bonchev–Trinajstić information content (AvgIpc) is 2.81. The lowest BCUT2D eigenvalue weighted by Gasteiger charge is -2.30. The fourth-order valence-corrected chi connectivity index (χ4v) is 5.20. The Balaban J connectivity index is 1.28. The molecule has 0 N–H and O–H groups in total. The van der Waals surface area contributed by atoms with Gasteiger partial charge in [0.1, 0.15) is 11.5 Å². The second kappa shape index (κ2) is 11.3. The van der Waals surface area contributed by atoms with Crippen LogP contribution in [0, 0.1) is 11.8 Å². The summed E-state index contributed by atoms with van der Waals surface area (Å²) in [6.45, 7) is 8.68. The number of nitrogens with zero attached hydrogens (tertiary/aromatic N) is 1. The topological polar surface area (TPSA) is 38.8 Å². The van der Waals surface area contributed by atoms with Gasteiger partial charge in [-0.05, 0) is 105 Å². The number of hydrogen-bond acceptors (Lipinski definition) is 4. The largest absolute Gasteiger partial charge is 0.490 e. The van der Waals surface area contributed by atoms with Gasteiger partial charge in [0, 0.05) is 25.7 Å². The van der Waals surface area contributed by atoms with E-state index >= 15 is 0 Å². The Bertz CT molecular complexity index is 879. The summed E-state index contributed by atoms with van der Waals surface area (Å²) in [5.74, 6) is 2.31. The van der Waals surface area contributed by atoms with Crippen molar-refractivity contribution < 1.29 is 14.3 Å². The zero-order valence-corrected chi connectivity index (χ0v) is 19.9. The lowest BCUT2D eigenvalue weighted by molar-refractivity contribution is -0.122. The maximum atomic E-state index is 11.6. The van der Waals surface area contributed by atoms with Crippen molar-refractivity contribution in [3.63, 3.8) is 0 Å². The molecule has 174 valence electrons. The lowest BCUT2D eigenvalue weighted by atomic mass is 9.88. The Morgan fingerprint density at radius 3 is 2.41 bits per heavy atom. The highest BCUT2D eigenvalue weighted by Crippen LogP contribution is 2.30. The molecule has 0 radical (unpaired) electrons. The minimum absolute atomic E-state index is 0.269. The summed E-state index contributed by atoms with van der Waals surface area (Å²) in [6, 6.07) is 13.3. The molecule has 0 atom stereocenters. The van der Waals surface area contributed by atoms with Gasteiger partial charge in [0.2, 0.25) is 0 Å². The van der Waals surface area contributed by atoms with E-state index in [4.69, 9.17) is 9.47 Å². The number of Topliss-reactive ketones (excluding diaryl/α,β-unsaturated/α-hetero) is 1. The van der Waals surface area contributed by atoms with Crippen LogP contribution < -0.4 is 4.74 Å². The molecule has 2 aliphatic rings. The van der Waals surface area contributed by atoms with Crippen LogP contribution in [0.3, 0.4) is 0 Å². The molecular weight excluding hydrogens is 398 g/mol. The van der Waals surface area contributed by atoms with E-state index in [0.29, 0.717) is 17.8 Å². The Morgan fingerprint density at radius 1 is 0.969 bits per heavy atom. The Kier molecular flexibility index (Phi) is 8.20. The Hall–Kier alpha value is -1.91. The first-order valence-electron chi connectivity index (χ1n) is 12.6. The maximum Gasteiger partial charge on any atom is 0.133 e. The highest BCUT2D eigenvalue weighted by Gasteiger charge is 2.23. The molecule has 1 saturated heterocycles. The molecule has 2 aromatic carbocycles. The number of hydrogen-bond donors (Lipinski definition) is 0. The van der Waals surface area contributed by atoms with E-state index in [1.165, 1.54) is 29.2 Å². The van der Waals surface area contributed by atoms with E-state index in [2.05, 4.69) is 48.2 Å². The molecule has 2 fully saturated rings. The molecule has 0 unspecified atom stereocenters. The number of carbonyl (C=O) groups excluding carboxylic acids is 1. The van der Waals surface area contributed by atoms with E-state index in [-0.39, 0.29) is 5.92 Å². The van der Waals surface area contributed by atoms with Crippen LogP contribution in [0.15, 0.2) is 36.4 Å². The number of fused-ring (bicyclic) bond motifs is 1. The molecular formula is C28H39NO3. The van der Waals surface area contributed by atoms with Gasteiger partial charge in [-0.3, -0.25) is 9.69 Å². The van der Waals surface area contributed by atoms with Crippen LogP contribution in [0.25, 0.3) is 10.8 Å². The molecule has 1 saturated carbocycles. The van der Waals surface area contributed by atoms with Gasteiger partial charge >= 0.3 is 0 Å². The van der Waals surface area contributed by atoms with Crippen molar-refractivity contribution in [3.05, 3.63) is 42.0 Å². The molecule has 32 heavy (non-hydrogen) atoms. The van der Waals surface area contributed by atoms with Gasteiger partial charge in [0.25, 0.3) is 0 Å². The second-order valence-corrected chi connectivity index (χ2v) is 9.84. The predicted octanol–water partition coefficient (Wildman–Crippen LogP) is 6.01. The van der Waals surface area contributed by atoms with Gasteiger partial charge in [-0.25, -0.2) is 0 Å². The number of carbonyl (C=O) groups is 1. The fraction of sp³-hybridized carbons (Fsp3) is 0.607. The van der Waals surface area contributed by atoms with E-state index in [9.17, 15) is 4.79 Å². The first-order valence-corrected chi connectivity index (χ1v) is 12.6. The number of likely N-dealkylation sites (tertiary alicyclic amines) is 1. The first kappa shape index (κ1) is 23.3. The third-order valence-electron chi connectivity index (χ3n) is 7.24. The summed E-state index contributed by atoms with van der Waals surface area (Å²) in [7, 11) is 0. The quantitative estimate of drug-likeness (QED) is 0.451. The number of piperidine rings is 1. The van der Waals surface area contributed by atoms with E-state index in [1.54, 1.807) is 6.92 Å². The van der Waals surface area contributed by atoms with Gasteiger partial charge in [0.05, 0.1) is 6.10 Å². The predicted molar refractivity (Wildman–Crippen MR) is 130 cm³/mol. The summed E-state index contributed by atoms with van der Waals surface area (Å²) >= 11 is 0. The molecule has 4 heteroatoms. The van der Waals surface area contributed by atoms with Crippen LogP contribution >= 0.6 is 0 Å². The third kappa shape index (κ3) is 6.32. The number of benzene rings is 2. The fourth-order valence-electron chi connectivity index (χ4n) is 5.20. The lowest BCUT2D eigenvalue weighted by Crippen LogP contribution is -2.35. The van der Waals surface area contributed by atoms with Crippen molar-refractivity contribution in [2.45, 2.75) is 71.4 Å². The van der Waals surface area contributed by atoms with Gasteiger partial charge in [0.15, 0.2) is 0 Å². The molecule has 4 rings (SSSR count). The van der Waals surface area contributed by atoms with Gasteiger partial charge in [-0.15, -0.1) is 0 Å². The minimum Gasteiger partial charge on any atom is -0.490 e. The molecule has 1 aliphatic heterocycles. The van der Waals surface area contributed by atoms with E-state index < -0.39 is 0 Å². The minimum atomic E-state index is 0.269. The van der Waals surface area contributed by atoms with Gasteiger partial charge in [-0.2, -0.15) is 0 Å². The zero-order chi connectivity index (χ0) is 22.3. The number of ether oxygens (including phenoxy) is 2. The van der Waals surface area contributed by atoms with E-state index in [0.717, 1.165) is 70.7 Å². The Morgan fingerprint density at radius 2 is 1.69 bits per heavy atom. The number of ketones is 1. The molecule has 1 heterocycles. The normalized spacial score (nSPS) is 22.8. The molecule has 2 aromatic rings. The highest BCUT2D eigenvalue weighted by atomic mass is 16.5. The summed E-state index contributed by atoms with van der Waals surface area (Å²) < 4.78 is 12.1. The van der Waals surface area contributed by atoms with Crippen molar-refractivity contribution >= 4 is 16.6 Å². The van der Waals surface area contributed by atoms with Crippen LogP contribution in [0.4, 0.5) is 0 Å². The molecule has 0 bridgehead atoms. The van der Waals surface area contributed by atoms with Crippen LogP contribution in [0.1, 0.15) is 64.4 Å². The third-order valence-corrected chi connectivity index (χ3v) is 7.24. The van der Waals surface area contributed by atoms with Crippen LogP contribution in [0.2, 0.25) is 0 Å². The summed E-state index contributed by atoms with van der Waals surface area (Å²) in [6.07, 6.45) is 8.07. The monoisotopic (exact) mass is 437 g/mol. The van der Waals surface area contributed by atoms with Crippen molar-refractivity contribution in [1.82, 2.24) is 4.90 Å². The highest BCUT2D eigenvalue weighted by molar-refractivity contribution is 5.84. The standard InChI is InChI=1S/C28H39NO3/c1-3-16-31-20-22-5-9-27(10-6-22)32-28-11-8-25-17-23(4-7-26(25)18-28)19-29-14-12-24(13-15-29)21(2)30/h4,7-8,11,17-18,22,24,27H,3,5-6,9-10,12-16,19-20H2,1-2H3. The van der Waals surface area contributed by atoms with Crippen LogP contribution in [-0.2, 0) is 16.1 Å². The number of rotatable bonds is 9. The van der Waals surface area contributed by atoms with Crippen molar-refractivity contribution in [2.75, 3.05) is 26.3 Å². The van der Waals surface area contributed by atoms with Gasteiger partial charge < -0.3 is 9.47 Å². The van der Waals surface area contributed by atoms with Crippen molar-refractivity contribution in [1.29, 1.82) is 0 Å². The molecule has 0 aromatic heterocycles. The van der Waals surface area contributed by atoms with Gasteiger partial charge in [-0.1, -0.05) is 25.1 Å². The Labute approximate surface area is 193 Å². The smallest absolute Gasteiger partial charge is 0.133 e. The summed E-state index contributed by atoms with van der Waals surface area (Å²) in [5.41, 5.74) is 1.34. The van der Waals surface area contributed by atoms with E-state index in [1.807, 2.05) is 0 Å². The summed E-state index contributed by atoms with van der Waals surface area (Å²) in [5, 5.41) is 2.51. The zero-order valence-electron chi connectivity index (χ0n) is 19.9. The van der Waals surface area contributed by atoms with Crippen LogP contribution in [0.5, 0.6) is 5.75 Å². The molecule has 0 spiro atoms. The SMILES string of the molecule is CCCOCC1CCC(Oc2ccc3cc(CN4CCC(C(C)=O)CC4)ccc3c2)CC1. The molecule has 0 amide bonds. The molecule has 4 nitrogen and oxygen atoms in total. The maximum absolute atomic E-state index is 11.6. The summed E-state index contributed by atoms with van der Waals surface area (Å²) in [4.78, 5) is 14.1. The average molecular weight is 438 g/mol. The second-order valence-electron chi connectivity index (χ2n) is 9.84. The van der Waals surface area contributed by atoms with Crippen molar-refractivity contribution in [2.24, 2.45) is 11.8 Å². The molecule has 1 aliphatic carbocycles. The van der Waals surface area contributed by atoms with Crippen LogP contribution in [-0.4, -0.2) is 43.1 Å².